The van der Waals surface area contributed by atoms with Crippen LogP contribution in [-0.4, -0.2) is 29.6 Å². The zero-order valence-corrected chi connectivity index (χ0v) is 7.93. The van der Waals surface area contributed by atoms with Crippen LogP contribution >= 0.6 is 0 Å². The van der Waals surface area contributed by atoms with Crippen LogP contribution in [-0.2, 0) is 0 Å². The second-order valence-corrected chi connectivity index (χ2v) is 4.19. The van der Waals surface area contributed by atoms with Gasteiger partial charge in [-0.15, -0.1) is 0 Å². The van der Waals surface area contributed by atoms with Crippen molar-refractivity contribution in [2.45, 2.75) is 45.2 Å². The Bertz CT molecular complexity index is 132. The van der Waals surface area contributed by atoms with Crippen LogP contribution in [0.3, 0.4) is 0 Å². The predicted octanol–water partition coefficient (Wildman–Crippen LogP) is 1.21. The van der Waals surface area contributed by atoms with Gasteiger partial charge in [0.05, 0.1) is 0 Å². The average Bonchev–Trinajstić information content (AvgIpc) is 2.28. The van der Waals surface area contributed by atoms with Crippen LogP contribution in [0.2, 0.25) is 0 Å². The Kier molecular flexibility index (Phi) is 2.55. The molecule has 0 spiro atoms. The molecular formula is C9H20N2. The Labute approximate surface area is 69.8 Å². The highest BCUT2D eigenvalue weighted by molar-refractivity contribution is 4.90. The Morgan fingerprint density at radius 3 is 2.55 bits per heavy atom. The van der Waals surface area contributed by atoms with E-state index in [0.717, 1.165) is 6.54 Å². The summed E-state index contributed by atoms with van der Waals surface area (Å²) in [5.74, 6) is 0. The summed E-state index contributed by atoms with van der Waals surface area (Å²) in [6, 6.07) is 0.549. The quantitative estimate of drug-likeness (QED) is 0.651. The topological polar surface area (TPSA) is 29.3 Å². The van der Waals surface area contributed by atoms with Crippen molar-refractivity contribution in [3.63, 3.8) is 0 Å². The fourth-order valence-corrected chi connectivity index (χ4v) is 2.07. The van der Waals surface area contributed by atoms with Crippen LogP contribution in [0.1, 0.15) is 33.6 Å². The third-order valence-corrected chi connectivity index (χ3v) is 2.84. The number of likely N-dealkylation sites (tertiary alicyclic amines) is 1. The molecule has 0 bridgehead atoms. The fourth-order valence-electron chi connectivity index (χ4n) is 2.07. The van der Waals surface area contributed by atoms with Crippen LogP contribution in [0, 0.1) is 0 Å². The number of hydrogen-bond acceptors (Lipinski definition) is 2. The zero-order valence-electron chi connectivity index (χ0n) is 7.93. The van der Waals surface area contributed by atoms with Crippen molar-refractivity contribution in [2.75, 3.05) is 13.1 Å². The van der Waals surface area contributed by atoms with Gasteiger partial charge in [-0.25, -0.2) is 0 Å². The highest BCUT2D eigenvalue weighted by Crippen LogP contribution is 2.29. The van der Waals surface area contributed by atoms with Crippen LogP contribution in [0.25, 0.3) is 0 Å². The monoisotopic (exact) mass is 156 g/mol. The van der Waals surface area contributed by atoms with Gasteiger partial charge in [-0.2, -0.15) is 0 Å². The van der Waals surface area contributed by atoms with E-state index in [1.54, 1.807) is 0 Å². The Balaban J connectivity index is 2.57. The lowest BCUT2D eigenvalue weighted by molar-refractivity contribution is 0.129. The van der Waals surface area contributed by atoms with Gasteiger partial charge in [-0.1, -0.05) is 0 Å². The van der Waals surface area contributed by atoms with Crippen molar-refractivity contribution < 1.29 is 0 Å². The molecule has 1 aliphatic rings. The maximum Gasteiger partial charge on any atom is 0.0195 e. The summed E-state index contributed by atoms with van der Waals surface area (Å²) in [4.78, 5) is 2.52. The van der Waals surface area contributed by atoms with E-state index in [4.69, 9.17) is 5.73 Å². The molecule has 1 heterocycles. The van der Waals surface area contributed by atoms with Crippen LogP contribution < -0.4 is 5.73 Å². The average molecular weight is 156 g/mol. The molecule has 1 aliphatic heterocycles. The number of hydrogen-bond donors (Lipinski definition) is 1. The van der Waals surface area contributed by atoms with Crippen LogP contribution in [0.4, 0.5) is 0 Å². The predicted molar refractivity (Wildman–Crippen MR) is 48.5 cm³/mol. The van der Waals surface area contributed by atoms with Gasteiger partial charge in [0, 0.05) is 18.1 Å². The van der Waals surface area contributed by atoms with Crippen molar-refractivity contribution in [3.05, 3.63) is 0 Å². The lowest BCUT2D eigenvalue weighted by atomic mass is 10.0. The van der Waals surface area contributed by atoms with Gasteiger partial charge in [0.2, 0.25) is 0 Å². The van der Waals surface area contributed by atoms with Crippen molar-refractivity contribution in [1.29, 1.82) is 0 Å². The molecule has 0 radical (unpaired) electrons. The highest BCUT2D eigenvalue weighted by Gasteiger charge is 2.34. The van der Waals surface area contributed by atoms with Gasteiger partial charge in [0.1, 0.15) is 0 Å². The Hall–Kier alpha value is -0.0800. The highest BCUT2D eigenvalue weighted by atomic mass is 15.2. The minimum atomic E-state index is 0.388. The number of nitrogens with two attached hydrogens (primary N) is 1. The summed E-state index contributed by atoms with van der Waals surface area (Å²) in [5.41, 5.74) is 6.02. The number of rotatable bonds is 2. The molecule has 1 atom stereocenters. The second kappa shape index (κ2) is 3.11. The minimum Gasteiger partial charge on any atom is -0.329 e. The molecule has 0 aromatic rings. The van der Waals surface area contributed by atoms with Crippen LogP contribution in [0.5, 0.6) is 0 Å². The largest absolute Gasteiger partial charge is 0.329 e. The molecule has 2 nitrogen and oxygen atoms in total. The standard InChI is InChI=1S/C9H20N2/c1-8(7-10)11-6-4-5-9(11,2)3/h8H,4-7,10H2,1-3H3. The molecule has 0 aliphatic carbocycles. The molecule has 1 fully saturated rings. The molecular weight excluding hydrogens is 136 g/mol. The lowest BCUT2D eigenvalue weighted by Crippen LogP contribution is -2.47. The minimum absolute atomic E-state index is 0.388. The fraction of sp³-hybridized carbons (Fsp3) is 1.00. The van der Waals surface area contributed by atoms with Crippen molar-refractivity contribution in [2.24, 2.45) is 5.73 Å². The van der Waals surface area contributed by atoms with Crippen molar-refractivity contribution in [3.8, 4) is 0 Å². The summed E-state index contributed by atoms with van der Waals surface area (Å²) in [5, 5.41) is 0. The van der Waals surface area contributed by atoms with Gasteiger partial charge < -0.3 is 5.73 Å². The third-order valence-electron chi connectivity index (χ3n) is 2.84. The molecule has 1 rings (SSSR count). The molecule has 0 amide bonds. The van der Waals surface area contributed by atoms with E-state index >= 15 is 0 Å². The summed E-state index contributed by atoms with van der Waals surface area (Å²) in [6.45, 7) is 8.85. The molecule has 2 N–H and O–H groups in total. The molecule has 11 heavy (non-hydrogen) atoms. The first-order valence-electron chi connectivity index (χ1n) is 4.55. The molecule has 2 heteroatoms. The number of nitrogens with zero attached hydrogens (tertiary/aromatic N) is 1. The van der Waals surface area contributed by atoms with Crippen LogP contribution in [0.15, 0.2) is 0 Å². The summed E-state index contributed by atoms with van der Waals surface area (Å²) in [7, 11) is 0. The van der Waals surface area contributed by atoms with Gasteiger partial charge in [-0.05, 0) is 40.2 Å². The molecule has 0 saturated carbocycles. The van der Waals surface area contributed by atoms with E-state index in [9.17, 15) is 0 Å². The molecule has 66 valence electrons. The van der Waals surface area contributed by atoms with E-state index in [0.29, 0.717) is 11.6 Å². The first-order chi connectivity index (χ1) is 5.08. The van der Waals surface area contributed by atoms with Gasteiger partial charge >= 0.3 is 0 Å². The van der Waals surface area contributed by atoms with Crippen molar-refractivity contribution in [1.82, 2.24) is 4.90 Å². The zero-order chi connectivity index (χ0) is 8.48. The van der Waals surface area contributed by atoms with Gasteiger partial charge in [0.15, 0.2) is 0 Å². The smallest absolute Gasteiger partial charge is 0.0195 e. The first-order valence-corrected chi connectivity index (χ1v) is 4.55. The van der Waals surface area contributed by atoms with Crippen molar-refractivity contribution >= 4 is 0 Å². The maximum absolute atomic E-state index is 5.63. The molecule has 0 aromatic carbocycles. The second-order valence-electron chi connectivity index (χ2n) is 4.19. The maximum atomic E-state index is 5.63. The molecule has 1 saturated heterocycles. The molecule has 0 aromatic heterocycles. The van der Waals surface area contributed by atoms with E-state index in [-0.39, 0.29) is 0 Å². The summed E-state index contributed by atoms with van der Waals surface area (Å²) >= 11 is 0. The van der Waals surface area contributed by atoms with E-state index in [1.165, 1.54) is 19.4 Å². The van der Waals surface area contributed by atoms with E-state index in [1.807, 2.05) is 0 Å². The normalized spacial score (nSPS) is 27.3. The van der Waals surface area contributed by atoms with E-state index < -0.39 is 0 Å². The third kappa shape index (κ3) is 1.74. The summed E-state index contributed by atoms with van der Waals surface area (Å²) < 4.78 is 0. The molecule has 1 unspecified atom stereocenters. The lowest BCUT2D eigenvalue weighted by Gasteiger charge is -2.36. The Morgan fingerprint density at radius 2 is 2.18 bits per heavy atom. The van der Waals surface area contributed by atoms with E-state index in [2.05, 4.69) is 25.7 Å². The van der Waals surface area contributed by atoms with Gasteiger partial charge in [-0.3, -0.25) is 4.90 Å². The SMILES string of the molecule is CC(CN)N1CCCC1(C)C. The van der Waals surface area contributed by atoms with Gasteiger partial charge in [0.25, 0.3) is 0 Å². The summed E-state index contributed by atoms with van der Waals surface area (Å²) in [6.07, 6.45) is 2.65. The Morgan fingerprint density at radius 1 is 1.55 bits per heavy atom. The first kappa shape index (κ1) is 9.01.